The molecule has 0 saturated heterocycles. The molecule has 5 aromatic carbocycles. The highest BCUT2D eigenvalue weighted by Gasteiger charge is 2.16. The van der Waals surface area contributed by atoms with Gasteiger partial charge in [0, 0.05) is 55.9 Å². The van der Waals surface area contributed by atoms with Crippen molar-refractivity contribution in [2.24, 2.45) is 0 Å². The summed E-state index contributed by atoms with van der Waals surface area (Å²) in [6.07, 6.45) is 7.83. The molecule has 52 heavy (non-hydrogen) atoms. The van der Waals surface area contributed by atoms with Crippen molar-refractivity contribution >= 4 is 56.2 Å². The Hall–Kier alpha value is -6.38. The molecule has 8 heteroatoms. The Kier molecular flexibility index (Phi) is 10.6. The van der Waals surface area contributed by atoms with Gasteiger partial charge in [-0.3, -0.25) is 9.59 Å². The van der Waals surface area contributed by atoms with Crippen molar-refractivity contribution in [1.29, 1.82) is 0 Å². The van der Waals surface area contributed by atoms with Crippen LogP contribution in [-0.4, -0.2) is 11.8 Å². The molecule has 2 heterocycles. The fourth-order valence-electron chi connectivity index (χ4n) is 5.94. The van der Waals surface area contributed by atoms with Gasteiger partial charge in [-0.25, -0.2) is 0 Å². The minimum absolute atomic E-state index is 0.196. The van der Waals surface area contributed by atoms with Crippen LogP contribution < -0.4 is 24.7 Å². The summed E-state index contributed by atoms with van der Waals surface area (Å²) < 4.78 is 5.05. The van der Waals surface area contributed by atoms with Crippen LogP contribution in [0.25, 0.3) is 0 Å². The van der Waals surface area contributed by atoms with Crippen LogP contribution in [-0.2, 0) is 13.1 Å². The van der Waals surface area contributed by atoms with Gasteiger partial charge in [-0.15, -0.1) is 0 Å². The fourth-order valence-corrected chi connectivity index (χ4v) is 6.21. The van der Waals surface area contributed by atoms with Crippen molar-refractivity contribution in [3.05, 3.63) is 209 Å². The predicted molar refractivity (Wildman–Crippen MR) is 209 cm³/mol. The number of nitrogens with one attached hydrogen (secondary N) is 2. The number of hydrogen-bond donors (Lipinski definition) is 2. The van der Waals surface area contributed by atoms with Gasteiger partial charge < -0.3 is 15.5 Å². The molecule has 0 atom stereocenters. The first-order chi connectivity index (χ1) is 25.5. The summed E-state index contributed by atoms with van der Waals surface area (Å²) in [6.45, 7) is 1.41. The molecule has 0 unspecified atom stereocenters. The average molecular weight is 747 g/mol. The number of benzene rings is 5. The number of halogens is 1. The van der Waals surface area contributed by atoms with Gasteiger partial charge in [0.05, 0.1) is 0 Å². The number of nitrogens with zero attached hydrogens (tertiary/aromatic N) is 3. The number of amides is 2. The van der Waals surface area contributed by atoms with Crippen molar-refractivity contribution in [3.63, 3.8) is 0 Å². The molecule has 2 aromatic heterocycles. The van der Waals surface area contributed by atoms with E-state index < -0.39 is 0 Å². The second-order valence-electron chi connectivity index (χ2n) is 12.3. The molecule has 0 spiro atoms. The highest BCUT2D eigenvalue weighted by molar-refractivity contribution is 9.10. The van der Waals surface area contributed by atoms with Crippen LogP contribution in [0, 0.1) is 0 Å². The Bertz CT molecular complexity index is 2140. The van der Waals surface area contributed by atoms with Gasteiger partial charge in [0.15, 0.2) is 37.9 Å². The molecule has 0 radical (unpaired) electrons. The highest BCUT2D eigenvalue weighted by atomic mass is 79.9. The van der Waals surface area contributed by atoms with E-state index in [1.807, 2.05) is 167 Å². The van der Waals surface area contributed by atoms with Crippen LogP contribution in [0.5, 0.6) is 0 Å². The van der Waals surface area contributed by atoms with Gasteiger partial charge in [-0.05, 0) is 84.9 Å². The molecule has 0 aliphatic carbocycles. The van der Waals surface area contributed by atoms with E-state index in [4.69, 9.17) is 0 Å². The second-order valence-corrected chi connectivity index (χ2v) is 13.2. The van der Waals surface area contributed by atoms with E-state index in [0.717, 1.165) is 21.5 Å². The summed E-state index contributed by atoms with van der Waals surface area (Å²) in [5, 5.41) is 6.07. The van der Waals surface area contributed by atoms with Crippen LogP contribution in [0.15, 0.2) is 187 Å². The van der Waals surface area contributed by atoms with E-state index in [9.17, 15) is 9.59 Å². The van der Waals surface area contributed by atoms with Crippen molar-refractivity contribution in [2.45, 2.75) is 13.1 Å². The van der Waals surface area contributed by atoms with Gasteiger partial charge in [-0.1, -0.05) is 76.6 Å². The summed E-state index contributed by atoms with van der Waals surface area (Å²) in [7, 11) is 0. The Labute approximate surface area is 311 Å². The quantitative estimate of drug-likeness (QED) is 0.130. The third kappa shape index (κ3) is 8.67. The summed E-state index contributed by atoms with van der Waals surface area (Å²) in [4.78, 5) is 28.7. The van der Waals surface area contributed by atoms with Gasteiger partial charge in [0.25, 0.3) is 11.8 Å². The lowest BCUT2D eigenvalue weighted by molar-refractivity contribution is -0.687. The maximum absolute atomic E-state index is 13.3. The van der Waals surface area contributed by atoms with Crippen LogP contribution >= 0.6 is 15.9 Å². The topological polar surface area (TPSA) is 69.2 Å². The van der Waals surface area contributed by atoms with E-state index in [-0.39, 0.29) is 11.8 Å². The van der Waals surface area contributed by atoms with Crippen LogP contribution in [0.2, 0.25) is 0 Å². The van der Waals surface area contributed by atoms with E-state index in [1.54, 1.807) is 0 Å². The lowest BCUT2D eigenvalue weighted by atomic mass is 10.1. The van der Waals surface area contributed by atoms with Crippen LogP contribution in [0.3, 0.4) is 0 Å². The van der Waals surface area contributed by atoms with Gasteiger partial charge in [0.1, 0.15) is 11.4 Å². The first kappa shape index (κ1) is 34.1. The first-order valence-corrected chi connectivity index (χ1v) is 17.7. The zero-order chi connectivity index (χ0) is 35.7. The average Bonchev–Trinajstić information content (AvgIpc) is 3.17. The molecule has 0 bridgehead atoms. The molecule has 0 fully saturated rings. The zero-order valence-corrected chi connectivity index (χ0v) is 29.9. The van der Waals surface area contributed by atoms with Crippen molar-refractivity contribution in [1.82, 2.24) is 0 Å². The van der Waals surface area contributed by atoms with Crippen LogP contribution in [0.1, 0.15) is 31.8 Å². The molecule has 2 N–H and O–H groups in total. The minimum atomic E-state index is -0.196. The van der Waals surface area contributed by atoms with E-state index in [1.165, 1.54) is 11.1 Å². The molecule has 2 amide bonds. The van der Waals surface area contributed by atoms with Gasteiger partial charge >= 0.3 is 0 Å². The Morgan fingerprint density at radius 1 is 0.481 bits per heavy atom. The Morgan fingerprint density at radius 3 is 1.27 bits per heavy atom. The van der Waals surface area contributed by atoms with Crippen molar-refractivity contribution < 1.29 is 18.7 Å². The first-order valence-electron chi connectivity index (χ1n) is 16.9. The van der Waals surface area contributed by atoms with Gasteiger partial charge in [-0.2, -0.15) is 9.13 Å². The molecule has 7 nitrogen and oxygen atoms in total. The third-order valence-corrected chi connectivity index (χ3v) is 9.04. The molecule has 7 aromatic rings. The molecule has 254 valence electrons. The maximum Gasteiger partial charge on any atom is 0.255 e. The minimum Gasteiger partial charge on any atom is -0.317 e. The van der Waals surface area contributed by atoms with E-state index in [0.29, 0.717) is 35.6 Å². The number of aromatic nitrogens is 2. The molecular formula is C44H36BrN5O2+2. The summed E-state index contributed by atoms with van der Waals surface area (Å²) >= 11 is 3.54. The molecule has 7 rings (SSSR count). The highest BCUT2D eigenvalue weighted by Crippen LogP contribution is 2.35. The Balaban J connectivity index is 1.06. The van der Waals surface area contributed by atoms with Gasteiger partial charge in [0.2, 0.25) is 0 Å². The fraction of sp³-hybridized carbons (Fsp3) is 0.0455. The standard InChI is InChI=1S/C44H34BrN5O2/c45-37-19-25-42(26-20-37)50(40-21-15-35(16-22-40)43(51)46-38-13-7-27-48(31-38)29-33-9-3-1-4-10-33)41-23-17-36(18-24-41)44(52)47-39-14-8-28-49(32-39)30-34-11-5-2-6-12-34/h1-28,31-32H,29-30H2/p+2. The number of hydrogen-bond acceptors (Lipinski definition) is 3. The van der Waals surface area contributed by atoms with Crippen molar-refractivity contribution in [2.75, 3.05) is 15.5 Å². The zero-order valence-electron chi connectivity index (χ0n) is 28.3. The smallest absolute Gasteiger partial charge is 0.255 e. The third-order valence-electron chi connectivity index (χ3n) is 8.51. The molecule has 0 aliphatic heterocycles. The Morgan fingerprint density at radius 2 is 0.865 bits per heavy atom. The SMILES string of the molecule is O=C(Nc1ccc[n+](Cc2ccccc2)c1)c1ccc(N(c2ccc(Br)cc2)c2ccc(C(=O)Nc3ccc[n+](Cc4ccccc4)c3)cc2)cc1. The summed E-state index contributed by atoms with van der Waals surface area (Å²) in [5.74, 6) is -0.392. The van der Waals surface area contributed by atoms with Crippen LogP contribution in [0.4, 0.5) is 28.4 Å². The number of rotatable bonds is 11. The summed E-state index contributed by atoms with van der Waals surface area (Å²) in [6, 6.07) is 51.0. The molecular weight excluding hydrogens is 710 g/mol. The lowest BCUT2D eigenvalue weighted by Gasteiger charge is -2.26. The number of carbonyl (C=O) groups excluding carboxylic acids is 2. The van der Waals surface area contributed by atoms with E-state index in [2.05, 4.69) is 55.7 Å². The normalized spacial score (nSPS) is 10.7. The largest absolute Gasteiger partial charge is 0.317 e. The van der Waals surface area contributed by atoms with Crippen molar-refractivity contribution in [3.8, 4) is 0 Å². The van der Waals surface area contributed by atoms with E-state index >= 15 is 0 Å². The monoisotopic (exact) mass is 745 g/mol. The second kappa shape index (κ2) is 16.1. The summed E-state index contributed by atoms with van der Waals surface area (Å²) in [5.41, 5.74) is 7.52. The number of pyridine rings is 2. The predicted octanol–water partition coefficient (Wildman–Crippen LogP) is 9.10. The lowest BCUT2D eigenvalue weighted by Crippen LogP contribution is -2.33. The molecule has 0 saturated carbocycles. The molecule has 0 aliphatic rings. The maximum atomic E-state index is 13.3. The number of anilines is 5. The number of carbonyl (C=O) groups is 2.